The summed E-state index contributed by atoms with van der Waals surface area (Å²) in [7, 11) is 0. The first-order valence-electron chi connectivity index (χ1n) is 9.16. The highest BCUT2D eigenvalue weighted by Crippen LogP contribution is 2.33. The Balaban J connectivity index is 1.48. The molecule has 0 unspecified atom stereocenters. The van der Waals surface area contributed by atoms with E-state index in [9.17, 15) is 18.8 Å². The number of carbonyl (C=O) groups is 3. The quantitative estimate of drug-likeness (QED) is 0.748. The van der Waals surface area contributed by atoms with Crippen LogP contribution in [0.3, 0.4) is 0 Å². The number of hydrogen-bond acceptors (Lipinski definition) is 5. The predicted octanol–water partition coefficient (Wildman–Crippen LogP) is 1.84. The normalized spacial score (nSPS) is 15.1. The first-order valence-corrected chi connectivity index (χ1v) is 9.16. The number of halogens is 1. The number of carbonyl (C=O) groups excluding carboxylic acids is 3. The van der Waals surface area contributed by atoms with Crippen molar-refractivity contribution in [2.75, 3.05) is 24.6 Å². The summed E-state index contributed by atoms with van der Waals surface area (Å²) in [4.78, 5) is 37.5. The maximum absolute atomic E-state index is 13.5. The lowest BCUT2D eigenvalue weighted by molar-refractivity contribution is -0.155. The number of rotatable bonds is 6. The van der Waals surface area contributed by atoms with Crippen molar-refractivity contribution in [3.05, 3.63) is 59.9 Å². The molecule has 0 aliphatic carbocycles. The van der Waals surface area contributed by atoms with E-state index in [1.165, 1.54) is 17.9 Å². The van der Waals surface area contributed by atoms with Crippen molar-refractivity contribution in [2.45, 2.75) is 19.4 Å². The van der Waals surface area contributed by atoms with E-state index in [-0.39, 0.29) is 24.8 Å². The summed E-state index contributed by atoms with van der Waals surface area (Å²) < 4.78 is 24.2. The molecule has 0 spiro atoms. The lowest BCUT2D eigenvalue weighted by atomic mass is 10.1. The lowest BCUT2D eigenvalue weighted by Gasteiger charge is -2.33. The number of nitrogens with zero attached hydrogens (tertiary/aromatic N) is 1. The largest absolute Gasteiger partial charge is 0.475 e. The highest BCUT2D eigenvalue weighted by molar-refractivity contribution is 5.95. The number of nitrogens with one attached hydrogen (secondary N) is 1. The van der Waals surface area contributed by atoms with Crippen LogP contribution in [0.4, 0.5) is 10.1 Å². The van der Waals surface area contributed by atoms with Gasteiger partial charge in [0.2, 0.25) is 12.0 Å². The van der Waals surface area contributed by atoms with Crippen molar-refractivity contribution in [1.82, 2.24) is 5.32 Å². The molecule has 2 aromatic rings. The molecule has 0 bridgehead atoms. The topological polar surface area (TPSA) is 84.9 Å². The Bertz CT molecular complexity index is 917. The van der Waals surface area contributed by atoms with Gasteiger partial charge in [0.25, 0.3) is 5.91 Å². The standard InChI is InChI=1S/C21H21FN2O5/c1-14(25)24-12-19(29-18-9-5-4-8-17(18)24)21(27)28-13-20(26)23-11-10-15-6-2-3-7-16(15)22/h2-9,19H,10-13H2,1H3,(H,23,26)/t19-/m0/s1. The van der Waals surface area contributed by atoms with Crippen LogP contribution >= 0.6 is 0 Å². The van der Waals surface area contributed by atoms with Crippen molar-refractivity contribution < 1.29 is 28.2 Å². The van der Waals surface area contributed by atoms with Crippen LogP contribution < -0.4 is 15.0 Å². The minimum Gasteiger partial charge on any atom is -0.475 e. The molecule has 0 fully saturated rings. The van der Waals surface area contributed by atoms with Gasteiger partial charge in [-0.05, 0) is 30.2 Å². The van der Waals surface area contributed by atoms with E-state index in [1.54, 1.807) is 42.5 Å². The van der Waals surface area contributed by atoms with Gasteiger partial charge in [0, 0.05) is 13.5 Å². The van der Waals surface area contributed by atoms with Crippen LogP contribution in [0, 0.1) is 5.82 Å². The van der Waals surface area contributed by atoms with Gasteiger partial charge in [-0.25, -0.2) is 9.18 Å². The Morgan fingerprint density at radius 1 is 1.17 bits per heavy atom. The summed E-state index contributed by atoms with van der Waals surface area (Å²) in [6.45, 7) is 1.12. The van der Waals surface area contributed by atoms with E-state index in [4.69, 9.17) is 9.47 Å². The van der Waals surface area contributed by atoms with Gasteiger partial charge in [-0.2, -0.15) is 0 Å². The Labute approximate surface area is 167 Å². The van der Waals surface area contributed by atoms with Gasteiger partial charge in [0.05, 0.1) is 12.2 Å². The Morgan fingerprint density at radius 3 is 2.66 bits per heavy atom. The average molecular weight is 400 g/mol. The average Bonchev–Trinajstić information content (AvgIpc) is 2.72. The van der Waals surface area contributed by atoms with Gasteiger partial charge < -0.3 is 19.7 Å². The second-order valence-corrected chi connectivity index (χ2v) is 6.50. The van der Waals surface area contributed by atoms with Crippen molar-refractivity contribution in [3.63, 3.8) is 0 Å². The molecule has 0 saturated heterocycles. The third-order valence-electron chi connectivity index (χ3n) is 4.44. The van der Waals surface area contributed by atoms with Gasteiger partial charge in [0.1, 0.15) is 11.6 Å². The zero-order chi connectivity index (χ0) is 20.8. The van der Waals surface area contributed by atoms with E-state index in [0.29, 0.717) is 23.4 Å². The molecular weight excluding hydrogens is 379 g/mol. The fourth-order valence-corrected chi connectivity index (χ4v) is 2.97. The summed E-state index contributed by atoms with van der Waals surface area (Å²) in [6.07, 6.45) is -0.706. The van der Waals surface area contributed by atoms with E-state index in [2.05, 4.69) is 5.32 Å². The monoisotopic (exact) mass is 400 g/mol. The maximum Gasteiger partial charge on any atom is 0.349 e. The fourth-order valence-electron chi connectivity index (χ4n) is 2.97. The van der Waals surface area contributed by atoms with Crippen LogP contribution in [0.1, 0.15) is 12.5 Å². The van der Waals surface area contributed by atoms with E-state index in [0.717, 1.165) is 0 Å². The molecule has 8 heteroatoms. The number of ether oxygens (including phenoxy) is 2. The third kappa shape index (κ3) is 5.10. The van der Waals surface area contributed by atoms with Gasteiger partial charge in [0.15, 0.2) is 6.61 Å². The molecular formula is C21H21FN2O5. The van der Waals surface area contributed by atoms with Crippen molar-refractivity contribution >= 4 is 23.5 Å². The van der Waals surface area contributed by atoms with Gasteiger partial charge in [-0.15, -0.1) is 0 Å². The molecule has 0 aromatic heterocycles. The second-order valence-electron chi connectivity index (χ2n) is 6.50. The predicted molar refractivity (Wildman–Crippen MR) is 103 cm³/mol. The number of benzene rings is 2. The molecule has 2 aromatic carbocycles. The fraction of sp³-hybridized carbons (Fsp3) is 0.286. The van der Waals surface area contributed by atoms with Crippen molar-refractivity contribution in [2.24, 2.45) is 0 Å². The van der Waals surface area contributed by atoms with E-state index in [1.807, 2.05) is 0 Å². The first-order chi connectivity index (χ1) is 14.0. The summed E-state index contributed by atoms with van der Waals surface area (Å²) in [5.74, 6) is -1.42. The van der Waals surface area contributed by atoms with E-state index < -0.39 is 24.6 Å². The molecule has 2 amide bonds. The lowest BCUT2D eigenvalue weighted by Crippen LogP contribution is -2.47. The van der Waals surface area contributed by atoms with E-state index >= 15 is 0 Å². The first kappa shape index (κ1) is 20.3. The number of hydrogen-bond donors (Lipinski definition) is 1. The number of amides is 2. The Morgan fingerprint density at radius 2 is 1.90 bits per heavy atom. The summed E-state index contributed by atoms with van der Waals surface area (Å²) in [5, 5.41) is 2.57. The summed E-state index contributed by atoms with van der Waals surface area (Å²) >= 11 is 0. The van der Waals surface area contributed by atoms with Crippen LogP contribution in [0.15, 0.2) is 48.5 Å². The highest BCUT2D eigenvalue weighted by atomic mass is 19.1. The highest BCUT2D eigenvalue weighted by Gasteiger charge is 2.33. The SMILES string of the molecule is CC(=O)N1C[C@@H](C(=O)OCC(=O)NCCc2ccccc2F)Oc2ccccc21. The molecule has 1 aliphatic rings. The molecule has 7 nitrogen and oxygen atoms in total. The second kappa shape index (κ2) is 9.18. The minimum absolute atomic E-state index is 0.0000824. The van der Waals surface area contributed by atoms with Gasteiger partial charge in [-0.3, -0.25) is 9.59 Å². The van der Waals surface area contributed by atoms with Crippen molar-refractivity contribution in [1.29, 1.82) is 0 Å². The van der Waals surface area contributed by atoms with Gasteiger partial charge >= 0.3 is 5.97 Å². The smallest absolute Gasteiger partial charge is 0.349 e. The number of para-hydroxylation sites is 2. The van der Waals surface area contributed by atoms with Crippen LogP contribution in [0.5, 0.6) is 5.75 Å². The Kier molecular flexibility index (Phi) is 6.43. The zero-order valence-corrected chi connectivity index (χ0v) is 15.9. The molecule has 29 heavy (non-hydrogen) atoms. The molecule has 0 radical (unpaired) electrons. The molecule has 1 heterocycles. The van der Waals surface area contributed by atoms with Crippen LogP contribution in [-0.2, 0) is 25.5 Å². The minimum atomic E-state index is -1.03. The zero-order valence-electron chi connectivity index (χ0n) is 15.9. The van der Waals surface area contributed by atoms with Crippen LogP contribution in [0.2, 0.25) is 0 Å². The summed E-state index contributed by atoms with van der Waals surface area (Å²) in [5.41, 5.74) is 1.07. The Hall–Kier alpha value is -3.42. The van der Waals surface area contributed by atoms with Gasteiger partial charge in [-0.1, -0.05) is 30.3 Å². The molecule has 1 aliphatic heterocycles. The molecule has 152 valence electrons. The third-order valence-corrected chi connectivity index (χ3v) is 4.44. The molecule has 3 rings (SSSR count). The summed E-state index contributed by atoms with van der Waals surface area (Å²) in [6, 6.07) is 13.2. The van der Waals surface area contributed by atoms with Crippen molar-refractivity contribution in [3.8, 4) is 5.75 Å². The molecule has 0 saturated carbocycles. The van der Waals surface area contributed by atoms with Crippen LogP contribution in [0.25, 0.3) is 0 Å². The number of fused-ring (bicyclic) bond motifs is 1. The number of anilines is 1. The molecule has 1 N–H and O–H groups in total. The van der Waals surface area contributed by atoms with Crippen LogP contribution in [-0.4, -0.2) is 43.6 Å². The molecule has 1 atom stereocenters. The number of esters is 1. The maximum atomic E-state index is 13.5.